The first-order valence-corrected chi connectivity index (χ1v) is 5.63. The molecule has 2 nitrogen and oxygen atoms in total. The Morgan fingerprint density at radius 2 is 2.07 bits per heavy atom. The monoisotopic (exact) mass is 205 g/mol. The van der Waals surface area contributed by atoms with E-state index in [4.69, 9.17) is 5.73 Å². The molecule has 2 rings (SSSR count). The molecule has 0 aliphatic heterocycles. The number of benzene rings is 1. The second kappa shape index (κ2) is 3.53. The van der Waals surface area contributed by atoms with Gasteiger partial charge in [0.15, 0.2) is 0 Å². The summed E-state index contributed by atoms with van der Waals surface area (Å²) >= 11 is 0. The van der Waals surface area contributed by atoms with Gasteiger partial charge >= 0.3 is 0 Å². The van der Waals surface area contributed by atoms with E-state index in [-0.39, 0.29) is 5.41 Å². The zero-order valence-electron chi connectivity index (χ0n) is 9.46. The summed E-state index contributed by atoms with van der Waals surface area (Å²) in [6, 6.07) is 6.04. The Kier molecular flexibility index (Phi) is 2.47. The lowest BCUT2D eigenvalue weighted by molar-refractivity contribution is 0.449. The first-order valence-electron chi connectivity index (χ1n) is 5.63. The molecule has 15 heavy (non-hydrogen) atoms. The molecular weight excluding hydrogens is 186 g/mol. The van der Waals surface area contributed by atoms with E-state index in [2.05, 4.69) is 13.8 Å². The number of hydrogen-bond acceptors (Lipinski definition) is 2. The summed E-state index contributed by atoms with van der Waals surface area (Å²) in [5.41, 5.74) is 7.95. The quantitative estimate of drug-likeness (QED) is 0.796. The highest BCUT2D eigenvalue weighted by Gasteiger charge is 2.44. The van der Waals surface area contributed by atoms with Crippen LogP contribution < -0.4 is 5.73 Å². The predicted molar refractivity (Wildman–Crippen MR) is 62.2 cm³/mol. The van der Waals surface area contributed by atoms with Crippen molar-refractivity contribution in [3.05, 3.63) is 29.3 Å². The Morgan fingerprint density at radius 1 is 1.40 bits per heavy atom. The number of phenolic OH excluding ortho intramolecular Hbond substituents is 1. The van der Waals surface area contributed by atoms with Crippen LogP contribution in [0.3, 0.4) is 0 Å². The lowest BCUT2D eigenvalue weighted by atomic mass is 9.90. The molecule has 82 valence electrons. The fourth-order valence-electron chi connectivity index (χ4n) is 2.19. The molecule has 1 aromatic carbocycles. The van der Waals surface area contributed by atoms with E-state index in [1.165, 1.54) is 0 Å². The van der Waals surface area contributed by atoms with Crippen molar-refractivity contribution in [2.45, 2.75) is 38.0 Å². The average molecular weight is 205 g/mol. The average Bonchev–Trinajstić information content (AvgIpc) is 2.98. The number of nitrogens with two attached hydrogens (primary N) is 1. The van der Waals surface area contributed by atoms with Crippen molar-refractivity contribution in [3.8, 4) is 5.75 Å². The Balaban J connectivity index is 2.45. The van der Waals surface area contributed by atoms with Crippen LogP contribution in [0.25, 0.3) is 0 Å². The van der Waals surface area contributed by atoms with E-state index in [0.717, 1.165) is 24.0 Å². The minimum atomic E-state index is 0.0784. The number of aromatic hydroxyl groups is 1. The molecule has 1 aliphatic carbocycles. The van der Waals surface area contributed by atoms with Gasteiger partial charge < -0.3 is 10.8 Å². The standard InChI is InChI=1S/C13H19NO/c1-9(2)10-4-3-5-11(12(10)15)13(8-14)6-7-13/h3-5,9,15H,6-8,14H2,1-2H3. The van der Waals surface area contributed by atoms with Gasteiger partial charge in [-0.3, -0.25) is 0 Å². The lowest BCUT2D eigenvalue weighted by Crippen LogP contribution is -2.20. The molecule has 0 heterocycles. The van der Waals surface area contributed by atoms with Crippen LogP contribution in [0.4, 0.5) is 0 Å². The lowest BCUT2D eigenvalue weighted by Gasteiger charge is -2.18. The van der Waals surface area contributed by atoms with Crippen molar-refractivity contribution in [1.29, 1.82) is 0 Å². The second-order valence-electron chi connectivity index (χ2n) is 4.88. The first-order chi connectivity index (χ1) is 7.10. The molecule has 3 N–H and O–H groups in total. The van der Waals surface area contributed by atoms with Crippen molar-refractivity contribution < 1.29 is 5.11 Å². The van der Waals surface area contributed by atoms with Crippen molar-refractivity contribution >= 4 is 0 Å². The molecule has 0 aromatic heterocycles. The van der Waals surface area contributed by atoms with Gasteiger partial charge in [-0.1, -0.05) is 32.0 Å². The Morgan fingerprint density at radius 3 is 2.53 bits per heavy atom. The predicted octanol–water partition coefficient (Wildman–Crippen LogP) is 2.51. The minimum absolute atomic E-state index is 0.0784. The molecule has 2 heteroatoms. The Bertz CT molecular complexity index is 367. The van der Waals surface area contributed by atoms with E-state index in [1.54, 1.807) is 0 Å². The molecule has 1 saturated carbocycles. The zero-order chi connectivity index (χ0) is 11.1. The third kappa shape index (κ3) is 1.63. The Labute approximate surface area is 91.1 Å². The molecule has 1 aliphatic rings. The Hall–Kier alpha value is -1.02. The highest BCUT2D eigenvalue weighted by Crippen LogP contribution is 2.51. The number of rotatable bonds is 3. The summed E-state index contributed by atoms with van der Waals surface area (Å²) < 4.78 is 0. The molecule has 0 atom stereocenters. The van der Waals surface area contributed by atoms with Gasteiger partial charge in [-0.25, -0.2) is 0 Å². The summed E-state index contributed by atoms with van der Waals surface area (Å²) in [7, 11) is 0. The van der Waals surface area contributed by atoms with E-state index in [1.807, 2.05) is 18.2 Å². The van der Waals surface area contributed by atoms with Gasteiger partial charge in [0.25, 0.3) is 0 Å². The van der Waals surface area contributed by atoms with E-state index >= 15 is 0 Å². The van der Waals surface area contributed by atoms with Crippen molar-refractivity contribution in [2.24, 2.45) is 5.73 Å². The van der Waals surface area contributed by atoms with Crippen LogP contribution in [0.1, 0.15) is 43.7 Å². The molecule has 0 saturated heterocycles. The molecule has 1 aromatic rings. The highest BCUT2D eigenvalue weighted by atomic mass is 16.3. The topological polar surface area (TPSA) is 46.2 Å². The first kappa shape index (κ1) is 10.5. The van der Waals surface area contributed by atoms with Gasteiger partial charge in [0, 0.05) is 17.5 Å². The maximum Gasteiger partial charge on any atom is 0.122 e. The highest BCUT2D eigenvalue weighted by molar-refractivity contribution is 5.48. The summed E-state index contributed by atoms with van der Waals surface area (Å²) in [4.78, 5) is 0. The molecule has 0 amide bonds. The van der Waals surface area contributed by atoms with Crippen LogP contribution in [0, 0.1) is 0 Å². The van der Waals surface area contributed by atoms with Gasteiger partial charge in [0.1, 0.15) is 5.75 Å². The van der Waals surface area contributed by atoms with Crippen molar-refractivity contribution in [1.82, 2.24) is 0 Å². The smallest absolute Gasteiger partial charge is 0.122 e. The largest absolute Gasteiger partial charge is 0.507 e. The van der Waals surface area contributed by atoms with Crippen molar-refractivity contribution in [3.63, 3.8) is 0 Å². The van der Waals surface area contributed by atoms with Gasteiger partial charge in [0.05, 0.1) is 0 Å². The number of para-hydroxylation sites is 1. The van der Waals surface area contributed by atoms with E-state index in [0.29, 0.717) is 18.2 Å². The molecule has 1 fully saturated rings. The minimum Gasteiger partial charge on any atom is -0.507 e. The van der Waals surface area contributed by atoms with E-state index < -0.39 is 0 Å². The maximum absolute atomic E-state index is 10.2. The van der Waals surface area contributed by atoms with Crippen molar-refractivity contribution in [2.75, 3.05) is 6.54 Å². The van der Waals surface area contributed by atoms with Gasteiger partial charge in [-0.05, 0) is 24.3 Å². The normalized spacial score (nSPS) is 18.1. The second-order valence-corrected chi connectivity index (χ2v) is 4.88. The number of phenols is 1. The van der Waals surface area contributed by atoms with Gasteiger partial charge in [0.2, 0.25) is 0 Å². The number of hydrogen-bond donors (Lipinski definition) is 2. The fourth-order valence-corrected chi connectivity index (χ4v) is 2.19. The van der Waals surface area contributed by atoms with Crippen LogP contribution in [0.2, 0.25) is 0 Å². The van der Waals surface area contributed by atoms with Crippen LogP contribution in [0.15, 0.2) is 18.2 Å². The summed E-state index contributed by atoms with van der Waals surface area (Å²) in [5.74, 6) is 0.828. The third-order valence-corrected chi connectivity index (χ3v) is 3.50. The maximum atomic E-state index is 10.2. The van der Waals surface area contributed by atoms with Gasteiger partial charge in [-0.15, -0.1) is 0 Å². The summed E-state index contributed by atoms with van der Waals surface area (Å²) in [5, 5.41) is 10.2. The van der Waals surface area contributed by atoms with Crippen LogP contribution in [0.5, 0.6) is 5.75 Å². The molecule has 0 bridgehead atoms. The summed E-state index contributed by atoms with van der Waals surface area (Å²) in [6.07, 6.45) is 2.22. The SMILES string of the molecule is CC(C)c1cccc(C2(CN)CC2)c1O. The van der Waals surface area contributed by atoms with Crippen LogP contribution >= 0.6 is 0 Å². The zero-order valence-corrected chi connectivity index (χ0v) is 9.46. The third-order valence-electron chi connectivity index (χ3n) is 3.50. The van der Waals surface area contributed by atoms with Crippen LogP contribution in [-0.4, -0.2) is 11.7 Å². The summed E-state index contributed by atoms with van der Waals surface area (Å²) in [6.45, 7) is 4.84. The van der Waals surface area contributed by atoms with Crippen LogP contribution in [-0.2, 0) is 5.41 Å². The molecule has 0 radical (unpaired) electrons. The fraction of sp³-hybridized carbons (Fsp3) is 0.538. The van der Waals surface area contributed by atoms with E-state index in [9.17, 15) is 5.11 Å². The molecular formula is C13H19NO. The van der Waals surface area contributed by atoms with Gasteiger partial charge in [-0.2, -0.15) is 0 Å². The molecule has 0 unspecified atom stereocenters. The molecule has 0 spiro atoms.